The average molecular weight is 405 g/mol. The van der Waals surface area contributed by atoms with Gasteiger partial charge in [-0.15, -0.1) is 0 Å². The number of halogens is 1. The molecule has 0 amide bonds. The summed E-state index contributed by atoms with van der Waals surface area (Å²) in [6.45, 7) is 4.81. The lowest BCUT2D eigenvalue weighted by Crippen LogP contribution is -2.39. The van der Waals surface area contributed by atoms with Gasteiger partial charge in [0, 0.05) is 24.7 Å². The molecule has 2 aromatic carbocycles. The van der Waals surface area contributed by atoms with Crippen LogP contribution in [0.5, 0.6) is 5.75 Å². The molecule has 0 aliphatic carbocycles. The molecule has 0 bridgehead atoms. The van der Waals surface area contributed by atoms with Crippen molar-refractivity contribution in [2.24, 2.45) is 0 Å². The van der Waals surface area contributed by atoms with Gasteiger partial charge in [-0.1, -0.05) is 35.9 Å². The second-order valence-corrected chi connectivity index (χ2v) is 7.33. The van der Waals surface area contributed by atoms with Gasteiger partial charge in [0.05, 0.1) is 18.4 Å². The third-order valence-corrected chi connectivity index (χ3v) is 5.02. The Morgan fingerprint density at radius 2 is 2.15 bits per heavy atom. The van der Waals surface area contributed by atoms with Gasteiger partial charge in [-0.05, 0) is 61.8 Å². The summed E-state index contributed by atoms with van der Waals surface area (Å²) >= 11 is 11.9. The molecule has 0 radical (unpaired) electrons. The highest BCUT2D eigenvalue weighted by atomic mass is 35.5. The molecular weight excluding hydrogens is 380 g/mol. The van der Waals surface area contributed by atoms with Crippen LogP contribution in [-0.2, 0) is 11.3 Å². The van der Waals surface area contributed by atoms with Crippen molar-refractivity contribution in [2.75, 3.05) is 25.1 Å². The fourth-order valence-electron chi connectivity index (χ4n) is 3.15. The molecule has 1 heterocycles. The standard InChI is InChI=1S/C21H25ClN2O2S/c1-2-25-20-11-4-3-10-19(20)23-21(27)24(15-18-9-6-12-26-18)14-16-7-5-8-17(22)13-16/h3-5,7-8,10-11,13,18H,2,6,9,12,14-15H2,1H3,(H,23,27). The van der Waals surface area contributed by atoms with E-state index in [0.717, 1.165) is 48.0 Å². The van der Waals surface area contributed by atoms with E-state index in [4.69, 9.17) is 33.3 Å². The Morgan fingerprint density at radius 3 is 2.89 bits per heavy atom. The van der Waals surface area contributed by atoms with E-state index in [1.807, 2.05) is 49.4 Å². The summed E-state index contributed by atoms with van der Waals surface area (Å²) in [7, 11) is 0. The van der Waals surface area contributed by atoms with Crippen LogP contribution in [0.15, 0.2) is 48.5 Å². The molecule has 1 N–H and O–H groups in total. The SMILES string of the molecule is CCOc1ccccc1NC(=S)N(Cc1cccc(Cl)c1)CC1CCCO1. The first kappa shape index (κ1) is 19.9. The minimum absolute atomic E-state index is 0.200. The zero-order valence-electron chi connectivity index (χ0n) is 15.5. The highest BCUT2D eigenvalue weighted by molar-refractivity contribution is 7.80. The van der Waals surface area contributed by atoms with E-state index in [2.05, 4.69) is 16.3 Å². The third kappa shape index (κ3) is 5.83. The first-order valence-electron chi connectivity index (χ1n) is 9.29. The summed E-state index contributed by atoms with van der Waals surface area (Å²) in [5.74, 6) is 0.794. The number of hydrogen-bond donors (Lipinski definition) is 1. The van der Waals surface area contributed by atoms with Crippen molar-refractivity contribution in [3.63, 3.8) is 0 Å². The molecule has 1 fully saturated rings. The van der Waals surface area contributed by atoms with E-state index in [9.17, 15) is 0 Å². The molecule has 6 heteroatoms. The topological polar surface area (TPSA) is 33.7 Å². The van der Waals surface area contributed by atoms with Gasteiger partial charge in [0.15, 0.2) is 5.11 Å². The number of benzene rings is 2. The third-order valence-electron chi connectivity index (χ3n) is 4.43. The number of rotatable bonds is 7. The van der Waals surface area contributed by atoms with Gasteiger partial charge in [-0.2, -0.15) is 0 Å². The second kappa shape index (κ2) is 9.93. The van der Waals surface area contributed by atoms with Crippen molar-refractivity contribution >= 4 is 34.6 Å². The summed E-state index contributed by atoms with van der Waals surface area (Å²) in [6.07, 6.45) is 2.36. The van der Waals surface area contributed by atoms with Crippen molar-refractivity contribution in [1.29, 1.82) is 0 Å². The summed E-state index contributed by atoms with van der Waals surface area (Å²) < 4.78 is 11.5. The summed E-state index contributed by atoms with van der Waals surface area (Å²) in [5.41, 5.74) is 1.98. The number of thiocarbonyl (C=S) groups is 1. The minimum Gasteiger partial charge on any atom is -0.492 e. The van der Waals surface area contributed by atoms with E-state index in [-0.39, 0.29) is 6.10 Å². The van der Waals surface area contributed by atoms with Crippen LogP contribution < -0.4 is 10.1 Å². The van der Waals surface area contributed by atoms with Crippen LogP contribution in [0.3, 0.4) is 0 Å². The molecule has 1 aliphatic rings. The van der Waals surface area contributed by atoms with Crippen molar-refractivity contribution in [1.82, 2.24) is 4.90 Å². The predicted molar refractivity (Wildman–Crippen MR) is 115 cm³/mol. The van der Waals surface area contributed by atoms with Crippen LogP contribution in [0.25, 0.3) is 0 Å². The quantitative estimate of drug-likeness (QED) is 0.648. The van der Waals surface area contributed by atoms with Crippen LogP contribution >= 0.6 is 23.8 Å². The lowest BCUT2D eigenvalue weighted by Gasteiger charge is -2.29. The fourth-order valence-corrected chi connectivity index (χ4v) is 3.62. The van der Waals surface area contributed by atoms with E-state index >= 15 is 0 Å². The summed E-state index contributed by atoms with van der Waals surface area (Å²) in [4.78, 5) is 2.14. The smallest absolute Gasteiger partial charge is 0.173 e. The molecule has 27 heavy (non-hydrogen) atoms. The van der Waals surface area contributed by atoms with E-state index in [1.54, 1.807) is 0 Å². The molecule has 4 nitrogen and oxygen atoms in total. The number of para-hydroxylation sites is 2. The summed E-state index contributed by atoms with van der Waals surface area (Å²) in [5, 5.41) is 4.73. The van der Waals surface area contributed by atoms with Crippen molar-refractivity contribution in [3.8, 4) is 5.75 Å². The Labute approximate surface area is 171 Å². The van der Waals surface area contributed by atoms with Gasteiger partial charge in [0.2, 0.25) is 0 Å². The molecule has 2 aromatic rings. The normalized spacial score (nSPS) is 16.1. The number of hydrogen-bond acceptors (Lipinski definition) is 3. The van der Waals surface area contributed by atoms with Gasteiger partial charge in [0.1, 0.15) is 5.75 Å². The van der Waals surface area contributed by atoms with Crippen LogP contribution in [0.2, 0.25) is 5.02 Å². The van der Waals surface area contributed by atoms with Crippen molar-refractivity contribution in [2.45, 2.75) is 32.4 Å². The van der Waals surface area contributed by atoms with Gasteiger partial charge in [-0.3, -0.25) is 0 Å². The van der Waals surface area contributed by atoms with Gasteiger partial charge >= 0.3 is 0 Å². The van der Waals surface area contributed by atoms with Crippen molar-refractivity contribution < 1.29 is 9.47 Å². The molecule has 0 saturated carbocycles. The van der Waals surface area contributed by atoms with Crippen LogP contribution in [-0.4, -0.2) is 35.9 Å². The van der Waals surface area contributed by atoms with Crippen LogP contribution in [0, 0.1) is 0 Å². The van der Waals surface area contributed by atoms with Crippen LogP contribution in [0.1, 0.15) is 25.3 Å². The molecule has 144 valence electrons. The first-order chi connectivity index (χ1) is 13.2. The number of nitrogens with one attached hydrogen (secondary N) is 1. The lowest BCUT2D eigenvalue weighted by atomic mass is 10.2. The molecule has 1 aliphatic heterocycles. The monoisotopic (exact) mass is 404 g/mol. The molecule has 3 rings (SSSR count). The maximum absolute atomic E-state index is 6.16. The Balaban J connectivity index is 1.75. The number of nitrogens with zero attached hydrogens (tertiary/aromatic N) is 1. The Morgan fingerprint density at radius 1 is 1.30 bits per heavy atom. The maximum Gasteiger partial charge on any atom is 0.173 e. The van der Waals surface area contributed by atoms with E-state index < -0.39 is 0 Å². The van der Waals surface area contributed by atoms with E-state index in [0.29, 0.717) is 18.3 Å². The number of ether oxygens (including phenoxy) is 2. The van der Waals surface area contributed by atoms with Crippen molar-refractivity contribution in [3.05, 3.63) is 59.1 Å². The van der Waals surface area contributed by atoms with E-state index in [1.165, 1.54) is 0 Å². The first-order valence-corrected chi connectivity index (χ1v) is 10.1. The predicted octanol–water partition coefficient (Wildman–Crippen LogP) is 5.12. The Kier molecular flexibility index (Phi) is 7.33. The fraction of sp³-hybridized carbons (Fsp3) is 0.381. The zero-order chi connectivity index (χ0) is 19.1. The zero-order valence-corrected chi connectivity index (χ0v) is 17.1. The lowest BCUT2D eigenvalue weighted by molar-refractivity contribution is 0.0905. The average Bonchev–Trinajstić information content (AvgIpc) is 3.16. The molecule has 0 aromatic heterocycles. The van der Waals surface area contributed by atoms with Gasteiger partial charge in [-0.25, -0.2) is 0 Å². The molecule has 1 atom stereocenters. The number of anilines is 1. The van der Waals surface area contributed by atoms with Crippen LogP contribution in [0.4, 0.5) is 5.69 Å². The summed E-state index contributed by atoms with van der Waals surface area (Å²) in [6, 6.07) is 15.7. The van der Waals surface area contributed by atoms with Gasteiger partial charge in [0.25, 0.3) is 0 Å². The largest absolute Gasteiger partial charge is 0.492 e. The molecule has 1 saturated heterocycles. The molecular formula is C21H25ClN2O2S. The highest BCUT2D eigenvalue weighted by Crippen LogP contribution is 2.25. The molecule has 1 unspecified atom stereocenters. The Hall–Kier alpha value is -1.82. The minimum atomic E-state index is 0.200. The maximum atomic E-state index is 6.16. The Bertz CT molecular complexity index is 765. The second-order valence-electron chi connectivity index (χ2n) is 6.50. The van der Waals surface area contributed by atoms with Gasteiger partial charge < -0.3 is 19.7 Å². The molecule has 0 spiro atoms. The highest BCUT2D eigenvalue weighted by Gasteiger charge is 2.21.